The molecule has 2 heterocycles. The van der Waals surface area contributed by atoms with Crippen LogP contribution in [0.1, 0.15) is 6.92 Å². The van der Waals surface area contributed by atoms with Crippen molar-refractivity contribution in [1.82, 2.24) is 9.78 Å². The minimum absolute atomic E-state index is 0.629. The molecule has 0 amide bonds. The summed E-state index contributed by atoms with van der Waals surface area (Å²) < 4.78 is 2.04. The second-order valence-electron chi connectivity index (χ2n) is 4.29. The van der Waals surface area contributed by atoms with Gasteiger partial charge in [0.15, 0.2) is 0 Å². The third kappa shape index (κ3) is 1.25. The average Bonchev–Trinajstić information content (AvgIpc) is 2.54. The lowest BCUT2D eigenvalue weighted by Gasteiger charge is -2.21. The average molecular weight is 202 g/mol. The van der Waals surface area contributed by atoms with E-state index >= 15 is 0 Å². The molecule has 0 radical (unpaired) electrons. The number of anilines is 2. The fourth-order valence-electron chi connectivity index (χ4n) is 2.10. The monoisotopic (exact) mass is 202 g/mol. The van der Waals surface area contributed by atoms with E-state index in [1.807, 2.05) is 22.9 Å². The fourth-order valence-corrected chi connectivity index (χ4v) is 2.10. The highest BCUT2D eigenvalue weighted by Crippen LogP contribution is 2.28. The van der Waals surface area contributed by atoms with Crippen LogP contribution in [-0.2, 0) is 6.54 Å². The van der Waals surface area contributed by atoms with Crippen molar-refractivity contribution in [2.45, 2.75) is 13.5 Å². The van der Waals surface area contributed by atoms with Gasteiger partial charge >= 0.3 is 0 Å². The summed E-state index contributed by atoms with van der Waals surface area (Å²) in [5, 5.41) is 9.08. The van der Waals surface area contributed by atoms with E-state index < -0.39 is 0 Å². The topological polar surface area (TPSA) is 55.9 Å². The number of benzene rings is 1. The summed E-state index contributed by atoms with van der Waals surface area (Å²) in [6, 6.07) is 5.85. The maximum atomic E-state index is 5.78. The lowest BCUT2D eigenvalue weighted by molar-refractivity contribution is 0.448. The molecular formula is C11H14N4. The predicted molar refractivity (Wildman–Crippen MR) is 61.8 cm³/mol. The van der Waals surface area contributed by atoms with Gasteiger partial charge in [-0.05, 0) is 24.1 Å². The summed E-state index contributed by atoms with van der Waals surface area (Å²) in [6.07, 6.45) is 0. The Morgan fingerprint density at radius 2 is 2.40 bits per heavy atom. The molecule has 3 rings (SSSR count). The Bertz CT molecular complexity index is 515. The van der Waals surface area contributed by atoms with E-state index in [9.17, 15) is 0 Å². The number of nitrogens with two attached hydrogens (primary N) is 1. The SMILES string of the molecule is CC1CNc2c3cc(N)ccc3nn2C1. The van der Waals surface area contributed by atoms with Gasteiger partial charge in [-0.2, -0.15) is 5.10 Å². The summed E-state index contributed by atoms with van der Waals surface area (Å²) >= 11 is 0. The smallest absolute Gasteiger partial charge is 0.132 e. The van der Waals surface area contributed by atoms with Gasteiger partial charge < -0.3 is 11.1 Å². The van der Waals surface area contributed by atoms with Crippen LogP contribution >= 0.6 is 0 Å². The molecule has 4 heteroatoms. The molecule has 0 fully saturated rings. The van der Waals surface area contributed by atoms with Gasteiger partial charge in [-0.3, -0.25) is 0 Å². The number of nitrogens with zero attached hydrogens (tertiary/aromatic N) is 2. The standard InChI is InChI=1S/C11H14N4/c1-7-5-13-11-9-4-8(12)2-3-10(9)14-15(11)6-7/h2-4,7,13H,5-6,12H2,1H3. The maximum Gasteiger partial charge on any atom is 0.132 e. The minimum Gasteiger partial charge on any atom is -0.399 e. The van der Waals surface area contributed by atoms with Crippen molar-refractivity contribution in [2.24, 2.45) is 5.92 Å². The van der Waals surface area contributed by atoms with Gasteiger partial charge in [-0.25, -0.2) is 4.68 Å². The van der Waals surface area contributed by atoms with E-state index in [-0.39, 0.29) is 0 Å². The largest absolute Gasteiger partial charge is 0.399 e. The number of aromatic nitrogens is 2. The molecule has 4 nitrogen and oxygen atoms in total. The van der Waals surface area contributed by atoms with Crippen LogP contribution in [0.5, 0.6) is 0 Å². The van der Waals surface area contributed by atoms with Crippen molar-refractivity contribution >= 4 is 22.4 Å². The zero-order chi connectivity index (χ0) is 10.4. The second-order valence-corrected chi connectivity index (χ2v) is 4.29. The van der Waals surface area contributed by atoms with E-state index in [2.05, 4.69) is 17.3 Å². The first-order valence-corrected chi connectivity index (χ1v) is 5.24. The number of rotatable bonds is 0. The van der Waals surface area contributed by atoms with Crippen LogP contribution in [0, 0.1) is 5.92 Å². The second kappa shape index (κ2) is 2.89. The molecule has 1 aromatic heterocycles. The van der Waals surface area contributed by atoms with E-state index in [1.165, 1.54) is 0 Å². The van der Waals surface area contributed by atoms with Crippen molar-refractivity contribution in [2.75, 3.05) is 17.6 Å². The molecule has 1 atom stereocenters. The Morgan fingerprint density at radius 1 is 1.53 bits per heavy atom. The van der Waals surface area contributed by atoms with Crippen LogP contribution in [0.15, 0.2) is 18.2 Å². The van der Waals surface area contributed by atoms with Crippen LogP contribution in [0.25, 0.3) is 10.9 Å². The van der Waals surface area contributed by atoms with E-state index in [0.717, 1.165) is 35.5 Å². The van der Waals surface area contributed by atoms with Crippen molar-refractivity contribution < 1.29 is 0 Å². The normalized spacial score (nSPS) is 19.9. The Morgan fingerprint density at radius 3 is 3.27 bits per heavy atom. The van der Waals surface area contributed by atoms with Crippen LogP contribution in [0.3, 0.4) is 0 Å². The Hall–Kier alpha value is -1.71. The Kier molecular flexibility index (Phi) is 1.65. The molecule has 78 valence electrons. The molecule has 1 unspecified atom stereocenters. The van der Waals surface area contributed by atoms with Crippen LogP contribution < -0.4 is 11.1 Å². The van der Waals surface area contributed by atoms with Crippen LogP contribution in [0.2, 0.25) is 0 Å². The number of nitrogen functional groups attached to an aromatic ring is 1. The van der Waals surface area contributed by atoms with Crippen molar-refractivity contribution in [1.29, 1.82) is 0 Å². The van der Waals surface area contributed by atoms with Gasteiger partial charge in [0.25, 0.3) is 0 Å². The van der Waals surface area contributed by atoms with Crippen LogP contribution in [0.4, 0.5) is 11.5 Å². The third-order valence-electron chi connectivity index (χ3n) is 2.86. The molecule has 0 spiro atoms. The molecule has 0 aliphatic carbocycles. The Balaban J connectivity index is 2.24. The van der Waals surface area contributed by atoms with Gasteiger partial charge in [0.1, 0.15) is 5.82 Å². The lowest BCUT2D eigenvalue weighted by atomic mass is 10.1. The first kappa shape index (κ1) is 8.59. The molecule has 0 saturated carbocycles. The number of hydrogen-bond donors (Lipinski definition) is 2. The number of nitrogens with one attached hydrogen (secondary N) is 1. The summed E-state index contributed by atoms with van der Waals surface area (Å²) in [5.41, 5.74) is 7.58. The molecule has 15 heavy (non-hydrogen) atoms. The van der Waals surface area contributed by atoms with E-state index in [4.69, 9.17) is 5.73 Å². The quantitative estimate of drug-likeness (QED) is 0.639. The lowest BCUT2D eigenvalue weighted by Crippen LogP contribution is -2.25. The first-order valence-electron chi connectivity index (χ1n) is 5.24. The van der Waals surface area contributed by atoms with Gasteiger partial charge in [0, 0.05) is 24.2 Å². The molecule has 1 aliphatic heterocycles. The third-order valence-corrected chi connectivity index (χ3v) is 2.86. The minimum atomic E-state index is 0.629. The highest BCUT2D eigenvalue weighted by atomic mass is 15.3. The van der Waals surface area contributed by atoms with Gasteiger partial charge in [-0.15, -0.1) is 0 Å². The predicted octanol–water partition coefficient (Wildman–Crippen LogP) is 1.68. The van der Waals surface area contributed by atoms with Gasteiger partial charge in [-0.1, -0.05) is 6.92 Å². The highest BCUT2D eigenvalue weighted by Gasteiger charge is 2.18. The van der Waals surface area contributed by atoms with Gasteiger partial charge in [0.2, 0.25) is 0 Å². The zero-order valence-electron chi connectivity index (χ0n) is 8.70. The maximum absolute atomic E-state index is 5.78. The summed E-state index contributed by atoms with van der Waals surface area (Å²) in [6.45, 7) is 4.21. The molecule has 1 aromatic carbocycles. The van der Waals surface area contributed by atoms with Crippen LogP contribution in [-0.4, -0.2) is 16.3 Å². The summed E-state index contributed by atoms with van der Waals surface area (Å²) in [7, 11) is 0. The molecule has 3 N–H and O–H groups in total. The van der Waals surface area contributed by atoms with Gasteiger partial charge in [0.05, 0.1) is 5.52 Å². The fraction of sp³-hybridized carbons (Fsp3) is 0.364. The molecular weight excluding hydrogens is 188 g/mol. The molecule has 1 aliphatic rings. The summed E-state index contributed by atoms with van der Waals surface area (Å²) in [4.78, 5) is 0. The number of fused-ring (bicyclic) bond motifs is 3. The van der Waals surface area contributed by atoms with Crippen molar-refractivity contribution in [3.63, 3.8) is 0 Å². The van der Waals surface area contributed by atoms with Crippen molar-refractivity contribution in [3.05, 3.63) is 18.2 Å². The Labute approximate surface area is 88.1 Å². The van der Waals surface area contributed by atoms with E-state index in [1.54, 1.807) is 0 Å². The highest BCUT2D eigenvalue weighted by molar-refractivity contribution is 5.92. The molecule has 0 bridgehead atoms. The van der Waals surface area contributed by atoms with E-state index in [0.29, 0.717) is 5.92 Å². The summed E-state index contributed by atoms with van der Waals surface area (Å²) in [5.74, 6) is 1.74. The van der Waals surface area contributed by atoms with Crippen molar-refractivity contribution in [3.8, 4) is 0 Å². The number of hydrogen-bond acceptors (Lipinski definition) is 3. The molecule has 0 saturated heterocycles. The first-order chi connectivity index (χ1) is 7.24. The molecule has 2 aromatic rings. The zero-order valence-corrected chi connectivity index (χ0v) is 8.70.